The minimum Gasteiger partial charge on any atom is -0.496 e. The number of hydrogen-bond donors (Lipinski definition) is 0. The van der Waals surface area contributed by atoms with E-state index in [0.717, 1.165) is 48.4 Å². The number of nitrogens with zero attached hydrogens (tertiary/aromatic N) is 5. The lowest BCUT2D eigenvalue weighted by Crippen LogP contribution is -2.47. The van der Waals surface area contributed by atoms with Crippen LogP contribution in [0.1, 0.15) is 37.7 Å². The molecule has 204 valence electrons. The second-order valence-electron chi connectivity index (χ2n) is 8.98. The highest BCUT2D eigenvalue weighted by molar-refractivity contribution is 5.93. The van der Waals surface area contributed by atoms with Crippen molar-refractivity contribution in [1.82, 2.24) is 19.8 Å². The van der Waals surface area contributed by atoms with Crippen LogP contribution in [-0.4, -0.2) is 66.1 Å². The van der Waals surface area contributed by atoms with Gasteiger partial charge in [0.1, 0.15) is 23.8 Å². The molecular formula is C26H32FN5O6. The minimum atomic E-state index is -0.925. The molecule has 1 fully saturated rings. The van der Waals surface area contributed by atoms with Gasteiger partial charge in [0, 0.05) is 25.9 Å². The van der Waals surface area contributed by atoms with Gasteiger partial charge in [-0.2, -0.15) is 4.68 Å². The molecule has 0 spiro atoms. The number of rotatable bonds is 9. The van der Waals surface area contributed by atoms with E-state index in [4.69, 9.17) is 18.9 Å². The Morgan fingerprint density at radius 2 is 1.82 bits per heavy atom. The van der Waals surface area contributed by atoms with Crippen LogP contribution in [0.3, 0.4) is 0 Å². The van der Waals surface area contributed by atoms with Gasteiger partial charge in [0.15, 0.2) is 12.1 Å². The molecule has 1 aliphatic rings. The third kappa shape index (κ3) is 5.55. The van der Waals surface area contributed by atoms with Crippen molar-refractivity contribution < 1.29 is 28.1 Å². The van der Waals surface area contributed by atoms with E-state index < -0.39 is 23.8 Å². The summed E-state index contributed by atoms with van der Waals surface area (Å²) in [5, 5.41) is 7.66. The van der Waals surface area contributed by atoms with Gasteiger partial charge in [-0.15, -0.1) is 4.68 Å². The van der Waals surface area contributed by atoms with Crippen molar-refractivity contribution in [1.29, 1.82) is 0 Å². The minimum absolute atomic E-state index is 0.0145. The van der Waals surface area contributed by atoms with Crippen LogP contribution in [-0.2, 0) is 9.47 Å². The second-order valence-corrected chi connectivity index (χ2v) is 8.98. The summed E-state index contributed by atoms with van der Waals surface area (Å²) in [6.07, 6.45) is 3.86. The van der Waals surface area contributed by atoms with Gasteiger partial charge in [0.2, 0.25) is 0 Å². The Morgan fingerprint density at radius 1 is 1.08 bits per heavy atom. The van der Waals surface area contributed by atoms with Crippen LogP contribution in [0.15, 0.2) is 41.2 Å². The summed E-state index contributed by atoms with van der Waals surface area (Å²) in [5.74, 6) is -0.0739. The molecule has 0 atom stereocenters. The van der Waals surface area contributed by atoms with Crippen LogP contribution in [0.5, 0.6) is 11.5 Å². The fourth-order valence-electron chi connectivity index (χ4n) is 4.65. The monoisotopic (exact) mass is 529 g/mol. The lowest BCUT2D eigenvalue weighted by atomic mass is 9.94. The molecule has 1 heterocycles. The van der Waals surface area contributed by atoms with E-state index in [-0.39, 0.29) is 24.1 Å². The SMILES string of the molecule is COc1ccc(N(C(=O)n2nnn(-c3c(F)cccc3OCC(OC)OC)c2=O)C2CCCCC2)cc1C. The van der Waals surface area contributed by atoms with E-state index in [1.165, 1.54) is 26.4 Å². The van der Waals surface area contributed by atoms with E-state index >= 15 is 0 Å². The summed E-state index contributed by atoms with van der Waals surface area (Å²) in [5.41, 5.74) is 0.257. The normalized spacial score (nSPS) is 14.1. The highest BCUT2D eigenvalue weighted by Gasteiger charge is 2.31. The molecule has 1 aromatic heterocycles. The molecule has 38 heavy (non-hydrogen) atoms. The number of aryl methyl sites for hydroxylation is 1. The van der Waals surface area contributed by atoms with Crippen molar-refractivity contribution in [2.24, 2.45) is 0 Å². The number of halogens is 1. The van der Waals surface area contributed by atoms with E-state index in [2.05, 4.69) is 10.4 Å². The molecule has 1 amide bonds. The maximum atomic E-state index is 15.0. The predicted octanol–water partition coefficient (Wildman–Crippen LogP) is 3.69. The summed E-state index contributed by atoms with van der Waals surface area (Å²) in [4.78, 5) is 28.8. The van der Waals surface area contributed by atoms with Crippen LogP contribution in [0, 0.1) is 12.7 Å². The number of aromatic nitrogens is 4. The molecular weight excluding hydrogens is 497 g/mol. The number of para-hydroxylation sites is 1. The molecule has 0 bridgehead atoms. The lowest BCUT2D eigenvalue weighted by molar-refractivity contribution is -0.122. The largest absolute Gasteiger partial charge is 0.496 e. The average Bonchev–Trinajstić information content (AvgIpc) is 3.30. The Balaban J connectivity index is 1.72. The number of carbonyl (C=O) groups is 1. The van der Waals surface area contributed by atoms with Gasteiger partial charge in [-0.25, -0.2) is 14.0 Å². The zero-order chi connectivity index (χ0) is 27.2. The van der Waals surface area contributed by atoms with E-state index in [0.29, 0.717) is 16.1 Å². The fourth-order valence-corrected chi connectivity index (χ4v) is 4.65. The molecule has 0 radical (unpaired) electrons. The molecule has 1 saturated carbocycles. The number of hydrogen-bond acceptors (Lipinski definition) is 8. The molecule has 3 aromatic rings. The number of methoxy groups -OCH3 is 3. The van der Waals surface area contributed by atoms with Crippen LogP contribution in [0.25, 0.3) is 5.69 Å². The van der Waals surface area contributed by atoms with Gasteiger partial charge >= 0.3 is 11.7 Å². The first-order valence-corrected chi connectivity index (χ1v) is 12.4. The Morgan fingerprint density at radius 3 is 2.47 bits per heavy atom. The fraction of sp³-hybridized carbons (Fsp3) is 0.462. The highest BCUT2D eigenvalue weighted by Crippen LogP contribution is 2.31. The molecule has 4 rings (SSSR count). The highest BCUT2D eigenvalue weighted by atomic mass is 19.1. The van der Waals surface area contributed by atoms with Gasteiger partial charge in [-0.3, -0.25) is 4.90 Å². The van der Waals surface area contributed by atoms with Gasteiger partial charge in [0.05, 0.1) is 7.11 Å². The molecule has 11 nitrogen and oxygen atoms in total. The van der Waals surface area contributed by atoms with Crippen molar-refractivity contribution in [2.75, 3.05) is 32.8 Å². The van der Waals surface area contributed by atoms with Crippen LogP contribution in [0.4, 0.5) is 14.9 Å². The second kappa shape index (κ2) is 12.2. The summed E-state index contributed by atoms with van der Waals surface area (Å²) >= 11 is 0. The average molecular weight is 530 g/mol. The standard InChI is InChI=1S/C26H32FN5O6/c1-17-15-19(13-14-21(17)35-2)30(18-9-6-5-7-10-18)25(33)32-26(34)31(28-29-32)24-20(27)11-8-12-22(24)38-16-23(36-3)37-4/h8,11-15,18,23H,5-7,9-10,16H2,1-4H3. The number of amides is 1. The Labute approximate surface area is 219 Å². The van der Waals surface area contributed by atoms with Crippen LogP contribution >= 0.6 is 0 Å². The maximum absolute atomic E-state index is 15.0. The van der Waals surface area contributed by atoms with Gasteiger partial charge in [-0.1, -0.05) is 25.3 Å². The summed E-state index contributed by atoms with van der Waals surface area (Å²) in [7, 11) is 4.46. The van der Waals surface area contributed by atoms with E-state index in [1.807, 2.05) is 13.0 Å². The maximum Gasteiger partial charge on any atom is 0.377 e. The molecule has 2 aromatic carbocycles. The topological polar surface area (TPSA) is 110 Å². The number of ether oxygens (including phenoxy) is 4. The summed E-state index contributed by atoms with van der Waals surface area (Å²) < 4.78 is 37.6. The van der Waals surface area contributed by atoms with Crippen molar-refractivity contribution in [3.63, 3.8) is 0 Å². The molecule has 0 aliphatic heterocycles. The smallest absolute Gasteiger partial charge is 0.377 e. The molecule has 1 aliphatic carbocycles. The molecule has 0 N–H and O–H groups in total. The molecule has 12 heteroatoms. The Kier molecular flexibility index (Phi) is 8.74. The van der Waals surface area contributed by atoms with Gasteiger partial charge in [0.25, 0.3) is 0 Å². The van der Waals surface area contributed by atoms with Gasteiger partial charge in [-0.05, 0) is 66.1 Å². The number of anilines is 1. The Bertz CT molecular complexity index is 1320. The van der Waals surface area contributed by atoms with E-state index in [9.17, 15) is 14.0 Å². The molecule has 0 saturated heterocycles. The number of benzene rings is 2. The van der Waals surface area contributed by atoms with Crippen LogP contribution in [0.2, 0.25) is 0 Å². The lowest BCUT2D eigenvalue weighted by Gasteiger charge is -2.34. The zero-order valence-corrected chi connectivity index (χ0v) is 21.9. The summed E-state index contributed by atoms with van der Waals surface area (Å²) in [6, 6.07) is 8.66. The van der Waals surface area contributed by atoms with Crippen molar-refractivity contribution >= 4 is 11.7 Å². The predicted molar refractivity (Wildman–Crippen MR) is 137 cm³/mol. The Hall–Kier alpha value is -3.77. The van der Waals surface area contributed by atoms with Gasteiger partial charge < -0.3 is 18.9 Å². The van der Waals surface area contributed by atoms with Crippen molar-refractivity contribution in [3.8, 4) is 17.2 Å². The third-order valence-corrected chi connectivity index (χ3v) is 6.63. The van der Waals surface area contributed by atoms with Crippen molar-refractivity contribution in [3.05, 3.63) is 58.3 Å². The first-order chi connectivity index (χ1) is 18.4. The molecule has 0 unspecified atom stereocenters. The summed E-state index contributed by atoms with van der Waals surface area (Å²) in [6.45, 7) is 1.81. The zero-order valence-electron chi connectivity index (χ0n) is 21.9. The first-order valence-electron chi connectivity index (χ1n) is 12.4. The number of tetrazole rings is 1. The quantitative estimate of drug-likeness (QED) is 0.305. The third-order valence-electron chi connectivity index (χ3n) is 6.63. The van der Waals surface area contributed by atoms with Crippen molar-refractivity contribution in [2.45, 2.75) is 51.4 Å². The number of carbonyl (C=O) groups excluding carboxylic acids is 1. The van der Waals surface area contributed by atoms with Crippen LogP contribution < -0.4 is 20.1 Å². The van der Waals surface area contributed by atoms with E-state index in [1.54, 1.807) is 24.1 Å². The first kappa shape index (κ1) is 27.3.